The fourth-order valence-corrected chi connectivity index (χ4v) is 3.83. The molecule has 29 heavy (non-hydrogen) atoms. The largest absolute Gasteiger partial charge is 0.383 e. The van der Waals surface area contributed by atoms with Crippen LogP contribution in [0.1, 0.15) is 37.2 Å². The average Bonchev–Trinajstić information content (AvgIpc) is 2.70. The summed E-state index contributed by atoms with van der Waals surface area (Å²) in [6.45, 7) is 1.64. The third-order valence-electron chi connectivity index (χ3n) is 5.10. The quantitative estimate of drug-likeness (QED) is 0.706. The fourth-order valence-electron chi connectivity index (χ4n) is 3.65. The molecule has 0 spiro atoms. The van der Waals surface area contributed by atoms with Crippen molar-refractivity contribution in [2.24, 2.45) is 0 Å². The molecule has 8 nitrogen and oxygen atoms in total. The number of hydrogen-bond donors (Lipinski definition) is 3. The lowest BCUT2D eigenvalue weighted by Crippen LogP contribution is -2.35. The maximum atomic E-state index is 13.3. The fraction of sp³-hybridized carbons (Fsp3) is 0.368. The molecule has 0 aliphatic carbocycles. The van der Waals surface area contributed by atoms with Crippen molar-refractivity contribution in [3.63, 3.8) is 0 Å². The molecule has 2 aliphatic rings. The van der Waals surface area contributed by atoms with Crippen molar-refractivity contribution in [3.05, 3.63) is 34.6 Å². The van der Waals surface area contributed by atoms with Crippen molar-refractivity contribution < 1.29 is 14.0 Å². The second kappa shape index (κ2) is 7.82. The predicted octanol–water partition coefficient (Wildman–Crippen LogP) is 2.91. The minimum absolute atomic E-state index is 0.0929. The van der Waals surface area contributed by atoms with Crippen LogP contribution >= 0.6 is 11.6 Å². The number of fused-ring (bicyclic) bond motifs is 1. The van der Waals surface area contributed by atoms with Gasteiger partial charge in [0.1, 0.15) is 17.5 Å². The molecule has 2 aromatic rings. The van der Waals surface area contributed by atoms with E-state index in [2.05, 4.69) is 20.6 Å². The molecule has 4 rings (SSSR count). The first-order chi connectivity index (χ1) is 13.9. The number of amides is 2. The van der Waals surface area contributed by atoms with E-state index in [1.807, 2.05) is 4.90 Å². The Hall–Kier alpha value is -2.94. The zero-order chi connectivity index (χ0) is 20.5. The Morgan fingerprint density at radius 3 is 2.76 bits per heavy atom. The lowest BCUT2D eigenvalue weighted by Gasteiger charge is -2.30. The third-order valence-corrected chi connectivity index (χ3v) is 5.39. The normalized spacial score (nSPS) is 18.8. The minimum Gasteiger partial charge on any atom is -0.383 e. The summed E-state index contributed by atoms with van der Waals surface area (Å²) in [6, 6.07) is 3.85. The van der Waals surface area contributed by atoms with E-state index in [-0.39, 0.29) is 29.0 Å². The highest BCUT2D eigenvalue weighted by atomic mass is 35.5. The van der Waals surface area contributed by atoms with E-state index < -0.39 is 17.6 Å². The van der Waals surface area contributed by atoms with Crippen LogP contribution < -0.4 is 21.3 Å². The number of rotatable bonds is 3. The van der Waals surface area contributed by atoms with Crippen molar-refractivity contribution in [2.45, 2.75) is 31.6 Å². The molecule has 0 radical (unpaired) electrons. The molecule has 1 atom stereocenters. The van der Waals surface area contributed by atoms with E-state index in [0.717, 1.165) is 38.4 Å². The van der Waals surface area contributed by atoms with Crippen molar-refractivity contribution in [1.82, 2.24) is 9.97 Å². The van der Waals surface area contributed by atoms with E-state index >= 15 is 0 Å². The lowest BCUT2D eigenvalue weighted by atomic mass is 9.92. The van der Waals surface area contributed by atoms with Crippen LogP contribution in [0, 0.1) is 5.82 Å². The van der Waals surface area contributed by atoms with E-state index in [0.29, 0.717) is 17.2 Å². The number of carbonyl (C=O) groups excluding carboxylic acids is 2. The van der Waals surface area contributed by atoms with Crippen molar-refractivity contribution >= 4 is 46.7 Å². The van der Waals surface area contributed by atoms with Crippen LogP contribution in [0.3, 0.4) is 0 Å². The second-order valence-corrected chi connectivity index (χ2v) is 7.55. The van der Waals surface area contributed by atoms with Gasteiger partial charge in [-0.05, 0) is 37.5 Å². The van der Waals surface area contributed by atoms with Crippen molar-refractivity contribution in [1.29, 1.82) is 0 Å². The summed E-state index contributed by atoms with van der Waals surface area (Å²) in [5.74, 6) is -1.39. The molecule has 1 aromatic heterocycles. The van der Waals surface area contributed by atoms with Gasteiger partial charge >= 0.3 is 0 Å². The SMILES string of the molecule is Nc1nc(N2CCCCC2)nc2c1C(C(=O)Nc1ccc(F)c(Cl)c1)CC(=O)N2. The van der Waals surface area contributed by atoms with Crippen LogP contribution in [0.15, 0.2) is 18.2 Å². The summed E-state index contributed by atoms with van der Waals surface area (Å²) >= 11 is 5.77. The molecule has 1 saturated heterocycles. The Labute approximate surface area is 171 Å². The monoisotopic (exact) mass is 418 g/mol. The molecule has 1 unspecified atom stereocenters. The van der Waals surface area contributed by atoms with Gasteiger partial charge < -0.3 is 21.3 Å². The number of nitrogens with two attached hydrogens (primary N) is 1. The highest BCUT2D eigenvalue weighted by molar-refractivity contribution is 6.31. The number of carbonyl (C=O) groups is 2. The molecular weight excluding hydrogens is 399 g/mol. The molecule has 152 valence electrons. The molecule has 0 bridgehead atoms. The van der Waals surface area contributed by atoms with Gasteiger partial charge in [-0.25, -0.2) is 4.39 Å². The Morgan fingerprint density at radius 2 is 2.03 bits per heavy atom. The number of nitrogens with zero attached hydrogens (tertiary/aromatic N) is 3. The Bertz CT molecular complexity index is 979. The van der Waals surface area contributed by atoms with Gasteiger partial charge in [0, 0.05) is 25.2 Å². The van der Waals surface area contributed by atoms with Gasteiger partial charge in [-0.1, -0.05) is 11.6 Å². The molecule has 4 N–H and O–H groups in total. The molecule has 2 aliphatic heterocycles. The maximum Gasteiger partial charge on any atom is 0.232 e. The molecule has 1 aromatic carbocycles. The van der Waals surface area contributed by atoms with E-state index in [9.17, 15) is 14.0 Å². The van der Waals surface area contributed by atoms with Gasteiger partial charge in [0.25, 0.3) is 0 Å². The standard InChI is InChI=1S/C19H20ClFN6O2/c20-12-8-10(4-5-13(12)21)23-18(29)11-9-14(28)24-17-15(11)16(22)25-19(26-17)27-6-2-1-3-7-27/h4-5,8,11H,1-3,6-7,9H2,(H,23,29)(H3,22,24,25,26,28). The first-order valence-electron chi connectivity index (χ1n) is 9.40. The number of hydrogen-bond acceptors (Lipinski definition) is 6. The van der Waals surface area contributed by atoms with Gasteiger partial charge in [-0.15, -0.1) is 0 Å². The zero-order valence-corrected chi connectivity index (χ0v) is 16.3. The smallest absolute Gasteiger partial charge is 0.232 e. The van der Waals surface area contributed by atoms with Gasteiger partial charge in [-0.2, -0.15) is 9.97 Å². The summed E-state index contributed by atoms with van der Waals surface area (Å²) in [5, 5.41) is 5.24. The minimum atomic E-state index is -0.863. The Kier molecular flexibility index (Phi) is 5.23. The molecule has 3 heterocycles. The van der Waals surface area contributed by atoms with Crippen LogP contribution in [0.25, 0.3) is 0 Å². The number of benzene rings is 1. The van der Waals surface area contributed by atoms with E-state index in [4.69, 9.17) is 17.3 Å². The molecular formula is C19H20ClFN6O2. The summed E-state index contributed by atoms with van der Waals surface area (Å²) < 4.78 is 13.3. The van der Waals surface area contributed by atoms with Gasteiger partial charge in [0.15, 0.2) is 0 Å². The Morgan fingerprint density at radius 1 is 1.28 bits per heavy atom. The molecule has 10 heteroatoms. The van der Waals surface area contributed by atoms with Crippen LogP contribution in [0.4, 0.5) is 27.7 Å². The number of piperidine rings is 1. The molecule has 1 fully saturated rings. The lowest BCUT2D eigenvalue weighted by molar-refractivity contribution is -0.123. The first kappa shape index (κ1) is 19.4. The number of aromatic nitrogens is 2. The predicted molar refractivity (Wildman–Crippen MR) is 109 cm³/mol. The second-order valence-electron chi connectivity index (χ2n) is 7.14. The van der Waals surface area contributed by atoms with Gasteiger partial charge in [0.05, 0.1) is 16.5 Å². The maximum absolute atomic E-state index is 13.3. The van der Waals surface area contributed by atoms with Gasteiger partial charge in [0.2, 0.25) is 17.8 Å². The van der Waals surface area contributed by atoms with Crippen LogP contribution in [-0.2, 0) is 9.59 Å². The van der Waals surface area contributed by atoms with Crippen molar-refractivity contribution in [3.8, 4) is 0 Å². The zero-order valence-electron chi connectivity index (χ0n) is 15.5. The Balaban J connectivity index is 1.63. The summed E-state index contributed by atoms with van der Waals surface area (Å²) in [6.07, 6.45) is 3.14. The highest BCUT2D eigenvalue weighted by Crippen LogP contribution is 2.37. The summed E-state index contributed by atoms with van der Waals surface area (Å²) in [5.41, 5.74) is 6.88. The topological polar surface area (TPSA) is 113 Å². The van der Waals surface area contributed by atoms with E-state index in [1.165, 1.54) is 12.1 Å². The van der Waals surface area contributed by atoms with Gasteiger partial charge in [-0.3, -0.25) is 9.59 Å². The van der Waals surface area contributed by atoms with Crippen LogP contribution in [0.5, 0.6) is 0 Å². The number of nitrogen functional groups attached to an aromatic ring is 1. The average molecular weight is 419 g/mol. The summed E-state index contributed by atoms with van der Waals surface area (Å²) in [4.78, 5) is 36.0. The van der Waals surface area contributed by atoms with Crippen LogP contribution in [0.2, 0.25) is 5.02 Å². The summed E-state index contributed by atoms with van der Waals surface area (Å²) in [7, 11) is 0. The molecule has 0 saturated carbocycles. The van der Waals surface area contributed by atoms with Crippen LogP contribution in [-0.4, -0.2) is 34.9 Å². The number of nitrogens with one attached hydrogen (secondary N) is 2. The number of halogens is 2. The highest BCUT2D eigenvalue weighted by Gasteiger charge is 2.35. The first-order valence-corrected chi connectivity index (χ1v) is 9.78. The van der Waals surface area contributed by atoms with E-state index in [1.54, 1.807) is 0 Å². The van der Waals surface area contributed by atoms with Crippen molar-refractivity contribution in [2.75, 3.05) is 34.4 Å². The molecule has 2 amide bonds. The third kappa shape index (κ3) is 3.95. The number of anilines is 4.